The van der Waals surface area contributed by atoms with Crippen LogP contribution in [0.4, 0.5) is 0 Å². The van der Waals surface area contributed by atoms with Crippen LogP contribution in [-0.4, -0.2) is 60.4 Å². The molecule has 0 aliphatic carbocycles. The smallest absolute Gasteiger partial charge is 0.263 e. The van der Waals surface area contributed by atoms with E-state index in [-0.39, 0.29) is 29.3 Å². The Kier molecular flexibility index (Phi) is 3.99. The molecule has 1 unspecified atom stereocenters. The third kappa shape index (κ3) is 2.77. The highest BCUT2D eigenvalue weighted by atomic mass is 32.1. The Balaban J connectivity index is 1.59. The molecule has 1 aromatic heterocycles. The fourth-order valence-corrected chi connectivity index (χ4v) is 4.33. The Bertz CT molecular complexity index is 564. The maximum absolute atomic E-state index is 12.3. The SMILES string of the molecule is CC(C)NC(=O)C1CC2(CN(C(=O)c3cccs3)C2)CN1C. The summed E-state index contributed by atoms with van der Waals surface area (Å²) in [6.07, 6.45) is 0.844. The van der Waals surface area contributed by atoms with E-state index < -0.39 is 0 Å². The Morgan fingerprint density at radius 1 is 1.36 bits per heavy atom. The first kappa shape index (κ1) is 15.5. The number of nitrogens with one attached hydrogen (secondary N) is 1. The zero-order chi connectivity index (χ0) is 15.9. The molecule has 0 saturated carbocycles. The predicted molar refractivity (Wildman–Crippen MR) is 87.0 cm³/mol. The fourth-order valence-electron chi connectivity index (χ4n) is 3.64. The van der Waals surface area contributed by atoms with E-state index >= 15 is 0 Å². The lowest BCUT2D eigenvalue weighted by Crippen LogP contribution is -2.59. The highest BCUT2D eigenvalue weighted by Crippen LogP contribution is 2.42. The van der Waals surface area contributed by atoms with Gasteiger partial charge in [0.05, 0.1) is 10.9 Å². The zero-order valence-corrected chi connectivity index (χ0v) is 14.2. The molecule has 2 aliphatic rings. The summed E-state index contributed by atoms with van der Waals surface area (Å²) in [5.74, 6) is 0.232. The third-order valence-electron chi connectivity index (χ3n) is 4.55. The number of carbonyl (C=O) groups is 2. The van der Waals surface area contributed by atoms with Gasteiger partial charge >= 0.3 is 0 Å². The highest BCUT2D eigenvalue weighted by Gasteiger charge is 2.53. The van der Waals surface area contributed by atoms with Gasteiger partial charge in [0.15, 0.2) is 0 Å². The molecule has 0 bridgehead atoms. The van der Waals surface area contributed by atoms with Crippen molar-refractivity contribution in [2.45, 2.75) is 32.4 Å². The van der Waals surface area contributed by atoms with Crippen molar-refractivity contribution >= 4 is 23.2 Å². The third-order valence-corrected chi connectivity index (χ3v) is 5.41. The number of likely N-dealkylation sites (N-methyl/N-ethyl adjacent to an activating group) is 1. The van der Waals surface area contributed by atoms with E-state index in [4.69, 9.17) is 0 Å². The van der Waals surface area contributed by atoms with Crippen molar-refractivity contribution in [1.29, 1.82) is 0 Å². The van der Waals surface area contributed by atoms with Crippen LogP contribution in [0.3, 0.4) is 0 Å². The standard InChI is InChI=1S/C16H23N3O2S/c1-11(2)17-14(20)12-7-16(8-18(12)3)9-19(10-16)15(21)13-5-4-6-22-13/h4-6,11-12H,7-10H2,1-3H3,(H,17,20). The number of hydrogen-bond donors (Lipinski definition) is 1. The van der Waals surface area contributed by atoms with E-state index in [0.29, 0.717) is 0 Å². The molecule has 3 rings (SSSR count). The molecule has 120 valence electrons. The first-order valence-electron chi connectivity index (χ1n) is 7.74. The lowest BCUT2D eigenvalue weighted by atomic mass is 9.77. The number of rotatable bonds is 3. The first-order chi connectivity index (χ1) is 10.4. The molecule has 2 aliphatic heterocycles. The molecular weight excluding hydrogens is 298 g/mol. The van der Waals surface area contributed by atoms with Gasteiger partial charge in [-0.05, 0) is 38.8 Å². The summed E-state index contributed by atoms with van der Waals surface area (Å²) >= 11 is 1.49. The molecule has 0 radical (unpaired) electrons. The zero-order valence-electron chi connectivity index (χ0n) is 13.3. The van der Waals surface area contributed by atoms with Crippen LogP contribution >= 0.6 is 11.3 Å². The van der Waals surface area contributed by atoms with Crippen LogP contribution in [0.2, 0.25) is 0 Å². The van der Waals surface area contributed by atoms with Crippen LogP contribution in [0.15, 0.2) is 17.5 Å². The van der Waals surface area contributed by atoms with Crippen molar-refractivity contribution in [3.05, 3.63) is 22.4 Å². The minimum absolute atomic E-state index is 0.0682. The summed E-state index contributed by atoms with van der Waals surface area (Å²) in [4.78, 5) is 29.4. The summed E-state index contributed by atoms with van der Waals surface area (Å²) in [6, 6.07) is 3.87. The van der Waals surface area contributed by atoms with E-state index in [1.165, 1.54) is 11.3 Å². The van der Waals surface area contributed by atoms with Gasteiger partial charge in [-0.3, -0.25) is 14.5 Å². The minimum Gasteiger partial charge on any atom is -0.353 e. The van der Waals surface area contributed by atoms with Gasteiger partial charge in [-0.25, -0.2) is 0 Å². The van der Waals surface area contributed by atoms with E-state index in [1.54, 1.807) is 0 Å². The van der Waals surface area contributed by atoms with Gasteiger partial charge in [-0.2, -0.15) is 0 Å². The number of likely N-dealkylation sites (tertiary alicyclic amines) is 2. The first-order valence-corrected chi connectivity index (χ1v) is 8.62. The van der Waals surface area contributed by atoms with Crippen LogP contribution in [-0.2, 0) is 4.79 Å². The van der Waals surface area contributed by atoms with Gasteiger partial charge in [0.2, 0.25) is 5.91 Å². The summed E-state index contributed by atoms with van der Waals surface area (Å²) in [7, 11) is 2.00. The predicted octanol–water partition coefficient (Wildman–Crippen LogP) is 1.42. The lowest BCUT2D eigenvalue weighted by molar-refractivity contribution is -0.125. The average Bonchev–Trinajstić information content (AvgIpc) is 3.02. The molecule has 1 N–H and O–H groups in total. The minimum atomic E-state index is -0.0682. The number of hydrogen-bond acceptors (Lipinski definition) is 4. The van der Waals surface area contributed by atoms with E-state index in [1.807, 2.05) is 43.3 Å². The van der Waals surface area contributed by atoms with Crippen LogP contribution < -0.4 is 5.32 Å². The molecule has 1 spiro atoms. The number of carbonyl (C=O) groups excluding carboxylic acids is 2. The molecule has 2 saturated heterocycles. The van der Waals surface area contributed by atoms with Crippen LogP contribution in [0.5, 0.6) is 0 Å². The molecule has 22 heavy (non-hydrogen) atoms. The largest absolute Gasteiger partial charge is 0.353 e. The topological polar surface area (TPSA) is 52.7 Å². The van der Waals surface area contributed by atoms with E-state index in [9.17, 15) is 9.59 Å². The molecule has 1 atom stereocenters. The summed E-state index contributed by atoms with van der Waals surface area (Å²) in [6.45, 7) is 6.37. The summed E-state index contributed by atoms with van der Waals surface area (Å²) in [5, 5.41) is 4.93. The van der Waals surface area contributed by atoms with Gasteiger partial charge in [0.25, 0.3) is 5.91 Å². The molecule has 5 nitrogen and oxygen atoms in total. The van der Waals surface area contributed by atoms with E-state index in [0.717, 1.165) is 30.9 Å². The quantitative estimate of drug-likeness (QED) is 0.916. The monoisotopic (exact) mass is 321 g/mol. The molecule has 2 amide bonds. The highest BCUT2D eigenvalue weighted by molar-refractivity contribution is 7.12. The second kappa shape index (κ2) is 5.66. The Labute approximate surface area is 135 Å². The van der Waals surface area contributed by atoms with Gasteiger partial charge in [0, 0.05) is 31.1 Å². The molecule has 3 heterocycles. The molecule has 0 aromatic carbocycles. The van der Waals surface area contributed by atoms with Crippen LogP contribution in [0, 0.1) is 5.41 Å². The second-order valence-electron chi connectivity index (χ2n) is 6.94. The van der Waals surface area contributed by atoms with Crippen LogP contribution in [0.25, 0.3) is 0 Å². The number of thiophene rings is 1. The summed E-state index contributed by atoms with van der Waals surface area (Å²) in [5.41, 5.74) is 0.0979. The van der Waals surface area contributed by atoms with Gasteiger partial charge in [0.1, 0.15) is 0 Å². The normalized spacial score (nSPS) is 23.8. The van der Waals surface area contributed by atoms with Crippen molar-refractivity contribution in [3.63, 3.8) is 0 Å². The van der Waals surface area contributed by atoms with Crippen molar-refractivity contribution in [2.75, 3.05) is 26.7 Å². The average molecular weight is 321 g/mol. The molecule has 1 aromatic rings. The van der Waals surface area contributed by atoms with Crippen molar-refractivity contribution in [3.8, 4) is 0 Å². The lowest BCUT2D eigenvalue weighted by Gasteiger charge is -2.47. The van der Waals surface area contributed by atoms with Crippen LogP contribution in [0.1, 0.15) is 29.9 Å². The van der Waals surface area contributed by atoms with Crippen molar-refractivity contribution in [2.24, 2.45) is 5.41 Å². The van der Waals surface area contributed by atoms with Gasteiger partial charge < -0.3 is 10.2 Å². The Morgan fingerprint density at radius 2 is 2.09 bits per heavy atom. The Morgan fingerprint density at radius 3 is 2.68 bits per heavy atom. The molecule has 6 heteroatoms. The number of amides is 2. The van der Waals surface area contributed by atoms with Gasteiger partial charge in [-0.15, -0.1) is 11.3 Å². The maximum atomic E-state index is 12.3. The Hall–Kier alpha value is -1.40. The van der Waals surface area contributed by atoms with Gasteiger partial charge in [-0.1, -0.05) is 6.07 Å². The number of nitrogens with zero attached hydrogens (tertiary/aromatic N) is 2. The summed E-state index contributed by atoms with van der Waals surface area (Å²) < 4.78 is 0. The van der Waals surface area contributed by atoms with Crippen molar-refractivity contribution < 1.29 is 9.59 Å². The molecular formula is C16H23N3O2S. The van der Waals surface area contributed by atoms with Crippen molar-refractivity contribution in [1.82, 2.24) is 15.1 Å². The fraction of sp³-hybridized carbons (Fsp3) is 0.625. The second-order valence-corrected chi connectivity index (χ2v) is 7.88. The maximum Gasteiger partial charge on any atom is 0.263 e. The van der Waals surface area contributed by atoms with E-state index in [2.05, 4.69) is 10.2 Å². The molecule has 2 fully saturated rings.